The Labute approximate surface area is 265 Å². The normalized spacial score (nSPS) is 18.6. The van der Waals surface area contributed by atoms with Gasteiger partial charge in [0.25, 0.3) is 0 Å². The lowest BCUT2D eigenvalue weighted by Gasteiger charge is -2.25. The van der Waals surface area contributed by atoms with Crippen LogP contribution in [0.25, 0.3) is 0 Å². The number of nitrogens with one attached hydrogen (secondary N) is 2. The van der Waals surface area contributed by atoms with E-state index in [0.29, 0.717) is 30.9 Å². The maximum absolute atomic E-state index is 14.1. The van der Waals surface area contributed by atoms with E-state index in [9.17, 15) is 23.5 Å². The average Bonchev–Trinajstić information content (AvgIpc) is 3.74. The second-order valence-corrected chi connectivity index (χ2v) is 11.9. The monoisotopic (exact) mass is 621 g/mol. The van der Waals surface area contributed by atoms with Crippen molar-refractivity contribution >= 4 is 11.8 Å². The molecule has 1 saturated carbocycles. The van der Waals surface area contributed by atoms with Gasteiger partial charge in [0.1, 0.15) is 17.4 Å². The summed E-state index contributed by atoms with van der Waals surface area (Å²) in [6, 6.07) is 19.6. The Morgan fingerprint density at radius 3 is 2.27 bits per heavy atom. The van der Waals surface area contributed by atoms with Gasteiger partial charge in [-0.2, -0.15) is 0 Å². The van der Waals surface area contributed by atoms with Gasteiger partial charge in [0, 0.05) is 44.6 Å². The van der Waals surface area contributed by atoms with E-state index in [1.54, 1.807) is 7.11 Å². The van der Waals surface area contributed by atoms with Crippen molar-refractivity contribution in [3.8, 4) is 5.75 Å². The van der Waals surface area contributed by atoms with Gasteiger partial charge in [0.2, 0.25) is 11.8 Å². The Morgan fingerprint density at radius 1 is 0.933 bits per heavy atom. The molecule has 0 bridgehead atoms. The standard InChI is InChI=1S/C36H45F2N3O4/c1-4-14-41(15-5-2)33(43)21-30-34(26-11-7-6-8-12-26)35(30)36(44)40-31(19-25-16-27(37)20-28(38)17-25)32(42)23-39-22-24-10-9-13-29(18-24)45-3/h6-13,16-18,20,30-32,34-35,39,42H,4-5,14-15,19,21-23H2,1-3H3,(H,40,44)/t30-,31+,32+,34+,35+/m1/s1. The second kappa shape index (κ2) is 16.5. The van der Waals surface area contributed by atoms with Crippen molar-refractivity contribution in [3.05, 3.63) is 101 Å². The summed E-state index contributed by atoms with van der Waals surface area (Å²) in [5, 5.41) is 17.5. The highest BCUT2D eigenvalue weighted by molar-refractivity contribution is 5.86. The minimum Gasteiger partial charge on any atom is -0.497 e. The van der Waals surface area contributed by atoms with Crippen LogP contribution in [-0.2, 0) is 22.6 Å². The number of aliphatic hydroxyl groups is 1. The number of rotatable bonds is 17. The zero-order chi connectivity index (χ0) is 32.3. The number of amides is 2. The molecule has 9 heteroatoms. The van der Waals surface area contributed by atoms with E-state index in [1.165, 1.54) is 12.1 Å². The van der Waals surface area contributed by atoms with Crippen molar-refractivity contribution in [2.45, 2.75) is 64.1 Å². The van der Waals surface area contributed by atoms with Gasteiger partial charge < -0.3 is 25.4 Å². The third kappa shape index (κ3) is 9.58. The molecule has 0 radical (unpaired) electrons. The molecule has 3 aromatic carbocycles. The van der Waals surface area contributed by atoms with Gasteiger partial charge in [-0.25, -0.2) is 8.78 Å². The molecule has 3 aromatic rings. The Morgan fingerprint density at radius 2 is 1.62 bits per heavy atom. The first-order chi connectivity index (χ1) is 21.7. The van der Waals surface area contributed by atoms with Gasteiger partial charge in [-0.1, -0.05) is 56.3 Å². The molecule has 0 saturated heterocycles. The largest absolute Gasteiger partial charge is 0.497 e. The van der Waals surface area contributed by atoms with Crippen LogP contribution in [0.4, 0.5) is 8.78 Å². The van der Waals surface area contributed by atoms with Crippen molar-refractivity contribution < 1.29 is 28.2 Å². The minimum absolute atomic E-state index is 0.0233. The molecule has 242 valence electrons. The maximum atomic E-state index is 14.1. The Kier molecular flexibility index (Phi) is 12.5. The third-order valence-electron chi connectivity index (χ3n) is 8.39. The summed E-state index contributed by atoms with van der Waals surface area (Å²) < 4.78 is 33.4. The summed E-state index contributed by atoms with van der Waals surface area (Å²) in [5.41, 5.74) is 2.25. The lowest BCUT2D eigenvalue weighted by molar-refractivity contribution is -0.131. The van der Waals surface area contributed by atoms with Crippen LogP contribution in [0.3, 0.4) is 0 Å². The zero-order valence-electron chi connectivity index (χ0n) is 26.3. The fraction of sp³-hybridized carbons (Fsp3) is 0.444. The van der Waals surface area contributed by atoms with Gasteiger partial charge >= 0.3 is 0 Å². The highest BCUT2D eigenvalue weighted by atomic mass is 19.1. The first-order valence-corrected chi connectivity index (χ1v) is 15.8. The van der Waals surface area contributed by atoms with Crippen molar-refractivity contribution in [3.63, 3.8) is 0 Å². The van der Waals surface area contributed by atoms with E-state index in [-0.39, 0.29) is 43.0 Å². The predicted octanol–water partition coefficient (Wildman–Crippen LogP) is 5.22. The Hall–Kier alpha value is -3.82. The second-order valence-electron chi connectivity index (χ2n) is 11.9. The zero-order valence-corrected chi connectivity index (χ0v) is 26.3. The van der Waals surface area contributed by atoms with Crippen LogP contribution in [0, 0.1) is 23.5 Å². The molecular formula is C36H45F2N3O4. The summed E-state index contributed by atoms with van der Waals surface area (Å²) >= 11 is 0. The van der Waals surface area contributed by atoms with E-state index in [0.717, 1.165) is 30.0 Å². The number of aliphatic hydroxyl groups excluding tert-OH is 1. The first kappa shape index (κ1) is 34.1. The van der Waals surface area contributed by atoms with E-state index in [2.05, 4.69) is 10.6 Å². The number of ether oxygens (including phenoxy) is 1. The van der Waals surface area contributed by atoms with Crippen molar-refractivity contribution in [1.82, 2.24) is 15.5 Å². The van der Waals surface area contributed by atoms with Crippen molar-refractivity contribution in [2.75, 3.05) is 26.7 Å². The molecule has 45 heavy (non-hydrogen) atoms. The first-order valence-electron chi connectivity index (χ1n) is 15.8. The van der Waals surface area contributed by atoms with Crippen LogP contribution < -0.4 is 15.4 Å². The fourth-order valence-electron chi connectivity index (χ4n) is 6.18. The molecule has 1 fully saturated rings. The number of benzene rings is 3. The topological polar surface area (TPSA) is 90.9 Å². The highest BCUT2D eigenvalue weighted by Crippen LogP contribution is 2.56. The highest BCUT2D eigenvalue weighted by Gasteiger charge is 2.56. The van der Waals surface area contributed by atoms with E-state index < -0.39 is 29.7 Å². The SMILES string of the molecule is CCCN(CCC)C(=O)C[C@H]1[C@H](C(=O)N[C@@H](Cc2cc(F)cc(F)c2)[C@@H](O)CNCc2cccc(OC)c2)[C@H]1c1ccccc1. The molecule has 0 aromatic heterocycles. The van der Waals surface area contributed by atoms with Crippen LogP contribution >= 0.6 is 0 Å². The molecule has 0 unspecified atom stereocenters. The number of hydrogen-bond acceptors (Lipinski definition) is 5. The lowest BCUT2D eigenvalue weighted by atomic mass is 10.00. The van der Waals surface area contributed by atoms with Gasteiger partial charge in [0.15, 0.2) is 0 Å². The van der Waals surface area contributed by atoms with Crippen LogP contribution in [0.1, 0.15) is 55.7 Å². The summed E-state index contributed by atoms with van der Waals surface area (Å²) in [7, 11) is 1.59. The van der Waals surface area contributed by atoms with Crippen LogP contribution in [0.5, 0.6) is 5.75 Å². The average molecular weight is 622 g/mol. The minimum atomic E-state index is -1.07. The molecule has 0 heterocycles. The van der Waals surface area contributed by atoms with Gasteiger partial charge in [-0.3, -0.25) is 9.59 Å². The predicted molar refractivity (Wildman–Crippen MR) is 171 cm³/mol. The molecule has 1 aliphatic carbocycles. The molecule has 2 amide bonds. The number of carbonyl (C=O) groups excluding carboxylic acids is 2. The lowest BCUT2D eigenvalue weighted by Crippen LogP contribution is -2.49. The number of nitrogens with zero attached hydrogens (tertiary/aromatic N) is 1. The summed E-state index contributed by atoms with van der Waals surface area (Å²) in [6.45, 7) is 5.99. The number of hydrogen-bond donors (Lipinski definition) is 3. The van der Waals surface area contributed by atoms with Crippen molar-refractivity contribution in [2.24, 2.45) is 11.8 Å². The van der Waals surface area contributed by atoms with Crippen LogP contribution in [0.15, 0.2) is 72.8 Å². The van der Waals surface area contributed by atoms with E-state index in [4.69, 9.17) is 4.74 Å². The van der Waals surface area contributed by atoms with E-state index >= 15 is 0 Å². The fourth-order valence-corrected chi connectivity index (χ4v) is 6.18. The van der Waals surface area contributed by atoms with Gasteiger partial charge in [0.05, 0.1) is 19.3 Å². The van der Waals surface area contributed by atoms with Crippen LogP contribution in [-0.4, -0.2) is 60.7 Å². The van der Waals surface area contributed by atoms with Gasteiger partial charge in [-0.15, -0.1) is 0 Å². The molecule has 1 aliphatic rings. The van der Waals surface area contributed by atoms with Crippen molar-refractivity contribution in [1.29, 1.82) is 0 Å². The van der Waals surface area contributed by atoms with Gasteiger partial charge in [-0.05, 0) is 72.1 Å². The number of halogens is 2. The number of methoxy groups -OCH3 is 1. The third-order valence-corrected chi connectivity index (χ3v) is 8.39. The summed E-state index contributed by atoms with van der Waals surface area (Å²) in [6.07, 6.45) is 0.921. The molecule has 0 spiro atoms. The molecular weight excluding hydrogens is 576 g/mol. The summed E-state index contributed by atoms with van der Waals surface area (Å²) in [4.78, 5) is 29.0. The summed E-state index contributed by atoms with van der Waals surface area (Å²) in [5.74, 6) is -1.79. The molecule has 5 atom stereocenters. The van der Waals surface area contributed by atoms with Crippen LogP contribution in [0.2, 0.25) is 0 Å². The quantitative estimate of drug-likeness (QED) is 0.192. The molecule has 7 nitrogen and oxygen atoms in total. The number of carbonyl (C=O) groups is 2. The Balaban J connectivity index is 1.50. The Bertz CT molecular complexity index is 1380. The molecule has 0 aliphatic heterocycles. The maximum Gasteiger partial charge on any atom is 0.224 e. The smallest absolute Gasteiger partial charge is 0.224 e. The molecule has 3 N–H and O–H groups in total. The van der Waals surface area contributed by atoms with E-state index in [1.807, 2.05) is 73.3 Å². The molecule has 4 rings (SSSR count).